The van der Waals surface area contributed by atoms with Gasteiger partial charge in [-0.1, -0.05) is 31.2 Å². The van der Waals surface area contributed by atoms with E-state index in [1.165, 1.54) is 0 Å². The fourth-order valence-corrected chi connectivity index (χ4v) is 4.26. The van der Waals surface area contributed by atoms with E-state index in [2.05, 4.69) is 22.1 Å². The monoisotopic (exact) mass is 440 g/mol. The van der Waals surface area contributed by atoms with Crippen LogP contribution in [0.2, 0.25) is 0 Å². The molecule has 1 atom stereocenters. The zero-order valence-electron chi connectivity index (χ0n) is 18.2. The van der Waals surface area contributed by atoms with Gasteiger partial charge in [0.05, 0.1) is 12.6 Å². The maximum atomic E-state index is 13.5. The van der Waals surface area contributed by atoms with Crippen LogP contribution in [0.15, 0.2) is 73.1 Å². The van der Waals surface area contributed by atoms with Gasteiger partial charge in [0.25, 0.3) is 5.91 Å². The number of para-hydroxylation sites is 1. The average molecular weight is 441 g/mol. The third kappa shape index (κ3) is 3.82. The normalized spacial score (nSPS) is 15.0. The number of pyridine rings is 1. The summed E-state index contributed by atoms with van der Waals surface area (Å²) in [5.41, 5.74) is 4.23. The summed E-state index contributed by atoms with van der Waals surface area (Å²) in [5, 5.41) is 17.9. The fraction of sp³-hybridized carbons (Fsp3) is 0.192. The molecule has 1 unspecified atom stereocenters. The van der Waals surface area contributed by atoms with Gasteiger partial charge in [-0.3, -0.25) is 14.9 Å². The number of hydrogen-bond donors (Lipinski definition) is 2. The second kappa shape index (κ2) is 8.78. The Morgan fingerprint density at radius 3 is 2.70 bits per heavy atom. The van der Waals surface area contributed by atoms with E-state index in [0.717, 1.165) is 28.9 Å². The molecule has 2 N–H and O–H groups in total. The molecule has 0 fully saturated rings. The Morgan fingerprint density at radius 2 is 1.91 bits per heavy atom. The van der Waals surface area contributed by atoms with Crippen molar-refractivity contribution in [3.63, 3.8) is 0 Å². The predicted octanol–water partition coefficient (Wildman–Crippen LogP) is 4.71. The van der Waals surface area contributed by atoms with Crippen molar-refractivity contribution in [1.82, 2.24) is 20.1 Å². The minimum absolute atomic E-state index is 0.116. The molecule has 3 heterocycles. The number of carbonyl (C=O) groups is 1. The van der Waals surface area contributed by atoms with Crippen molar-refractivity contribution in [2.24, 2.45) is 0 Å². The highest BCUT2D eigenvalue weighted by Gasteiger charge is 2.42. The first-order valence-electron chi connectivity index (χ1n) is 11.0. The summed E-state index contributed by atoms with van der Waals surface area (Å²) in [4.78, 5) is 19.4. The summed E-state index contributed by atoms with van der Waals surface area (Å²) in [5.74, 6) is 0.734. The number of aromatic amines is 1. The number of phenolic OH excluding ortho intramolecular Hbond substituents is 1. The maximum Gasteiger partial charge on any atom is 0.273 e. The van der Waals surface area contributed by atoms with Crippen molar-refractivity contribution in [2.45, 2.75) is 25.9 Å². The van der Waals surface area contributed by atoms with Crippen LogP contribution in [0.5, 0.6) is 11.5 Å². The van der Waals surface area contributed by atoms with Crippen LogP contribution in [-0.2, 0) is 6.54 Å². The van der Waals surface area contributed by atoms with Crippen molar-refractivity contribution < 1.29 is 14.6 Å². The molecule has 7 nitrogen and oxygen atoms in total. The number of nitrogens with one attached hydrogen (secondary N) is 1. The second-order valence-electron chi connectivity index (χ2n) is 7.99. The van der Waals surface area contributed by atoms with Gasteiger partial charge < -0.3 is 14.7 Å². The van der Waals surface area contributed by atoms with Crippen molar-refractivity contribution >= 4 is 5.91 Å². The van der Waals surface area contributed by atoms with E-state index in [9.17, 15) is 9.90 Å². The quantitative estimate of drug-likeness (QED) is 0.434. The molecule has 4 aromatic rings. The lowest BCUT2D eigenvalue weighted by atomic mass is 9.95. The van der Waals surface area contributed by atoms with Crippen molar-refractivity contribution in [3.05, 3.63) is 95.4 Å². The number of hydrogen-bond acceptors (Lipinski definition) is 5. The largest absolute Gasteiger partial charge is 0.507 e. The van der Waals surface area contributed by atoms with Gasteiger partial charge in [-0.05, 0) is 53.9 Å². The molecular formula is C26H24N4O3. The van der Waals surface area contributed by atoms with Gasteiger partial charge in [-0.25, -0.2) is 0 Å². The van der Waals surface area contributed by atoms with Crippen molar-refractivity contribution in [3.8, 4) is 22.8 Å². The van der Waals surface area contributed by atoms with Gasteiger partial charge in [-0.15, -0.1) is 0 Å². The number of rotatable bonds is 7. The number of carbonyl (C=O) groups excluding carboxylic acids is 1. The number of phenols is 1. The molecule has 0 bridgehead atoms. The molecule has 0 radical (unpaired) electrons. The topological polar surface area (TPSA) is 91.3 Å². The van der Waals surface area contributed by atoms with Crippen molar-refractivity contribution in [2.75, 3.05) is 6.61 Å². The first-order valence-corrected chi connectivity index (χ1v) is 11.0. The van der Waals surface area contributed by atoms with E-state index in [1.807, 2.05) is 47.4 Å². The molecule has 1 aliphatic heterocycles. The SMILES string of the molecule is CCCOc1cccc(C2c3c(-c4ccccc4O)n[nH]c3C(=O)N2Cc2ccncc2)c1. The lowest BCUT2D eigenvalue weighted by Crippen LogP contribution is -2.29. The number of aromatic nitrogens is 3. The number of nitrogens with zero attached hydrogens (tertiary/aromatic N) is 3. The molecule has 166 valence electrons. The van der Waals surface area contributed by atoms with Gasteiger partial charge >= 0.3 is 0 Å². The standard InChI is InChI=1S/C26H24N4O3/c1-2-14-33-19-7-5-6-18(15-19)25-22-23(20-8-3-4-9-21(20)31)28-29-24(22)26(32)30(25)16-17-10-12-27-13-11-17/h3-13,15,25,31H,2,14,16H2,1H3,(H,28,29). The molecule has 2 aromatic heterocycles. The van der Waals surface area contributed by atoms with Crippen LogP contribution in [0, 0.1) is 0 Å². The number of fused-ring (bicyclic) bond motifs is 1. The summed E-state index contributed by atoms with van der Waals surface area (Å²) in [6, 6.07) is 18.3. The highest BCUT2D eigenvalue weighted by Crippen LogP contribution is 2.45. The van der Waals surface area contributed by atoms with E-state index in [0.29, 0.717) is 30.1 Å². The van der Waals surface area contributed by atoms with E-state index in [4.69, 9.17) is 4.74 Å². The van der Waals surface area contributed by atoms with Crippen LogP contribution in [0.4, 0.5) is 0 Å². The van der Waals surface area contributed by atoms with E-state index < -0.39 is 0 Å². The molecule has 0 aliphatic carbocycles. The zero-order chi connectivity index (χ0) is 22.8. The lowest BCUT2D eigenvalue weighted by molar-refractivity contribution is 0.0729. The first kappa shape index (κ1) is 20.8. The van der Waals surface area contributed by atoms with Gasteiger partial charge in [-0.2, -0.15) is 5.10 Å². The Morgan fingerprint density at radius 1 is 1.09 bits per heavy atom. The summed E-state index contributed by atoms with van der Waals surface area (Å²) >= 11 is 0. The van der Waals surface area contributed by atoms with Crippen LogP contribution >= 0.6 is 0 Å². The Labute approximate surface area is 191 Å². The minimum Gasteiger partial charge on any atom is -0.507 e. The smallest absolute Gasteiger partial charge is 0.273 e. The molecule has 1 aliphatic rings. The third-order valence-corrected chi connectivity index (χ3v) is 5.77. The number of benzene rings is 2. The van der Waals surface area contributed by atoms with Gasteiger partial charge in [0.15, 0.2) is 0 Å². The first-order chi connectivity index (χ1) is 16.2. The molecule has 7 heteroatoms. The van der Waals surface area contributed by atoms with Crippen LogP contribution in [-0.4, -0.2) is 37.7 Å². The summed E-state index contributed by atoms with van der Waals surface area (Å²) in [6.45, 7) is 3.09. The lowest BCUT2D eigenvalue weighted by Gasteiger charge is -2.27. The predicted molar refractivity (Wildman–Crippen MR) is 124 cm³/mol. The molecule has 2 aromatic carbocycles. The van der Waals surface area contributed by atoms with Gasteiger partial charge in [0, 0.05) is 30.1 Å². The Bertz CT molecular complexity index is 1290. The van der Waals surface area contributed by atoms with E-state index >= 15 is 0 Å². The molecule has 0 spiro atoms. The molecule has 0 saturated heterocycles. The number of H-pyrrole nitrogens is 1. The van der Waals surface area contributed by atoms with Crippen LogP contribution in [0.1, 0.15) is 46.6 Å². The van der Waals surface area contributed by atoms with E-state index in [-0.39, 0.29) is 17.7 Å². The summed E-state index contributed by atoms with van der Waals surface area (Å²) in [7, 11) is 0. The molecule has 0 saturated carbocycles. The zero-order valence-corrected chi connectivity index (χ0v) is 18.2. The average Bonchev–Trinajstić information content (AvgIpc) is 3.38. The second-order valence-corrected chi connectivity index (χ2v) is 7.99. The Balaban J connectivity index is 1.64. The molecule has 5 rings (SSSR count). The fourth-order valence-electron chi connectivity index (χ4n) is 4.26. The van der Waals surface area contributed by atoms with Gasteiger partial charge in [0.1, 0.15) is 22.9 Å². The third-order valence-electron chi connectivity index (χ3n) is 5.77. The summed E-state index contributed by atoms with van der Waals surface area (Å²) in [6.07, 6.45) is 4.35. The molecular weight excluding hydrogens is 416 g/mol. The van der Waals surface area contributed by atoms with E-state index in [1.54, 1.807) is 30.6 Å². The minimum atomic E-state index is -0.390. The molecule has 1 amide bonds. The van der Waals surface area contributed by atoms with Crippen molar-refractivity contribution in [1.29, 1.82) is 0 Å². The van der Waals surface area contributed by atoms with Crippen LogP contribution in [0.25, 0.3) is 11.3 Å². The summed E-state index contributed by atoms with van der Waals surface area (Å²) < 4.78 is 5.86. The Kier molecular flexibility index (Phi) is 5.52. The highest BCUT2D eigenvalue weighted by atomic mass is 16.5. The molecule has 33 heavy (non-hydrogen) atoms. The highest BCUT2D eigenvalue weighted by molar-refractivity contribution is 6.00. The van der Waals surface area contributed by atoms with Crippen LogP contribution in [0.3, 0.4) is 0 Å². The Hall–Kier alpha value is -4.13. The number of amides is 1. The van der Waals surface area contributed by atoms with Gasteiger partial charge in [0.2, 0.25) is 0 Å². The van der Waals surface area contributed by atoms with Crippen LogP contribution < -0.4 is 4.74 Å². The maximum absolute atomic E-state index is 13.5. The number of ether oxygens (including phenoxy) is 1. The number of aromatic hydroxyl groups is 1.